The third-order valence-electron chi connectivity index (χ3n) is 2.99. The minimum atomic E-state index is -0.800. The maximum atomic E-state index is 6.43. The van der Waals surface area contributed by atoms with Gasteiger partial charge in [0.1, 0.15) is 4.87 Å². The fourth-order valence-electron chi connectivity index (χ4n) is 2.16. The van der Waals surface area contributed by atoms with Gasteiger partial charge in [-0.1, -0.05) is 39.1 Å². The van der Waals surface area contributed by atoms with Crippen molar-refractivity contribution in [2.75, 3.05) is 5.33 Å². The highest BCUT2D eigenvalue weighted by molar-refractivity contribution is 9.09. The number of rotatable bonds is 1. The average Bonchev–Trinajstić information content (AvgIpc) is 2.44. The van der Waals surface area contributed by atoms with E-state index in [1.165, 1.54) is 0 Å². The molecule has 0 aromatic rings. The third-order valence-corrected chi connectivity index (χ3v) is 7.31. The van der Waals surface area contributed by atoms with E-state index in [4.69, 9.17) is 58.0 Å². The molecule has 0 heterocycles. The number of allylic oxidation sites excluding steroid dienone is 2. The van der Waals surface area contributed by atoms with Crippen molar-refractivity contribution >= 4 is 73.9 Å². The summed E-state index contributed by atoms with van der Waals surface area (Å²) in [7, 11) is 0. The van der Waals surface area contributed by atoms with Crippen LogP contribution in [0.4, 0.5) is 0 Å². The molecule has 0 nitrogen and oxygen atoms in total. The first kappa shape index (κ1) is 12.1. The fourth-order valence-corrected chi connectivity index (χ4v) is 5.50. The van der Waals surface area contributed by atoms with Gasteiger partial charge in [0.25, 0.3) is 0 Å². The molecule has 0 aromatic carbocycles. The minimum Gasteiger partial charge on any atom is -0.118 e. The fraction of sp³-hybridized carbons (Fsp3) is 0.750. The molecule has 6 heteroatoms. The number of fused-ring (bicyclic) bond motifs is 2. The van der Waals surface area contributed by atoms with E-state index in [0.29, 0.717) is 21.8 Å². The molecule has 0 aromatic heterocycles. The number of hydrogen-bond donors (Lipinski definition) is 0. The molecule has 80 valence electrons. The van der Waals surface area contributed by atoms with E-state index < -0.39 is 15.1 Å². The molecule has 0 radical (unpaired) electrons. The van der Waals surface area contributed by atoms with Crippen LogP contribution in [0.3, 0.4) is 0 Å². The highest BCUT2D eigenvalue weighted by Crippen LogP contribution is 2.67. The van der Waals surface area contributed by atoms with E-state index in [0.717, 1.165) is 0 Å². The molecule has 0 N–H and O–H groups in total. The van der Waals surface area contributed by atoms with Crippen LogP contribution in [0.25, 0.3) is 0 Å². The summed E-state index contributed by atoms with van der Waals surface area (Å²) in [5.41, 5.74) is 0. The Bertz CT molecular complexity index is 317. The van der Waals surface area contributed by atoms with Gasteiger partial charge in [-0.3, -0.25) is 0 Å². The lowest BCUT2D eigenvalue weighted by atomic mass is 9.94. The first-order valence-corrected chi connectivity index (χ1v) is 7.10. The Balaban J connectivity index is 2.55. The Morgan fingerprint density at radius 1 is 1.29 bits per heavy atom. The first-order valence-electron chi connectivity index (χ1n) is 4.03. The van der Waals surface area contributed by atoms with Gasteiger partial charge in [-0.15, -0.1) is 34.8 Å². The van der Waals surface area contributed by atoms with Crippen LogP contribution < -0.4 is 0 Å². The molecule has 0 aliphatic heterocycles. The van der Waals surface area contributed by atoms with E-state index >= 15 is 0 Å². The SMILES string of the molecule is ClC1=C(Cl)[C@@]2(Cl)C[C@H](CBr)[C@]1(Cl)C2Cl. The lowest BCUT2D eigenvalue weighted by molar-refractivity contribution is 0.527. The molecule has 1 unspecified atom stereocenters. The summed E-state index contributed by atoms with van der Waals surface area (Å²) in [5.74, 6) is 0.124. The normalized spacial score (nSPS) is 51.9. The van der Waals surface area contributed by atoms with Crippen LogP contribution in [0.2, 0.25) is 0 Å². The highest BCUT2D eigenvalue weighted by atomic mass is 79.9. The summed E-state index contributed by atoms with van der Waals surface area (Å²) in [6.45, 7) is 0. The molecule has 14 heavy (non-hydrogen) atoms. The largest absolute Gasteiger partial charge is 0.118 e. The van der Waals surface area contributed by atoms with Gasteiger partial charge in [-0.25, -0.2) is 0 Å². The summed E-state index contributed by atoms with van der Waals surface area (Å²) in [6, 6.07) is 0. The number of hydrogen-bond acceptors (Lipinski definition) is 0. The Morgan fingerprint density at radius 2 is 1.86 bits per heavy atom. The van der Waals surface area contributed by atoms with E-state index in [1.807, 2.05) is 0 Å². The molecule has 1 saturated carbocycles. The molecule has 2 rings (SSSR count). The van der Waals surface area contributed by atoms with Crippen molar-refractivity contribution in [2.24, 2.45) is 5.92 Å². The Hall–Kier alpha value is 1.67. The topological polar surface area (TPSA) is 0 Å². The summed E-state index contributed by atoms with van der Waals surface area (Å²) in [6.07, 6.45) is 0.659. The second-order valence-corrected chi connectivity index (χ2v) is 6.82. The summed E-state index contributed by atoms with van der Waals surface area (Å²) in [4.78, 5) is -1.58. The van der Waals surface area contributed by atoms with Crippen LogP contribution >= 0.6 is 73.9 Å². The van der Waals surface area contributed by atoms with Gasteiger partial charge in [0.05, 0.1) is 20.3 Å². The van der Waals surface area contributed by atoms with Crippen LogP contribution in [-0.4, -0.2) is 20.5 Å². The van der Waals surface area contributed by atoms with Gasteiger partial charge in [0.2, 0.25) is 0 Å². The monoisotopic (exact) mass is 356 g/mol. The zero-order valence-electron chi connectivity index (χ0n) is 6.84. The third kappa shape index (κ3) is 1.21. The molecular formula is C8H6BrCl5. The van der Waals surface area contributed by atoms with Gasteiger partial charge in [-0.05, 0) is 12.3 Å². The molecule has 1 fully saturated rings. The van der Waals surface area contributed by atoms with Crippen LogP contribution in [0, 0.1) is 5.92 Å². The van der Waals surface area contributed by atoms with Crippen LogP contribution in [0.5, 0.6) is 0 Å². The van der Waals surface area contributed by atoms with Crippen molar-refractivity contribution in [3.63, 3.8) is 0 Å². The molecular weight excluding hydrogens is 353 g/mol. The highest BCUT2D eigenvalue weighted by Gasteiger charge is 2.69. The summed E-state index contributed by atoms with van der Waals surface area (Å²) in [5, 5.41) is 1.09. The van der Waals surface area contributed by atoms with Gasteiger partial charge in [-0.2, -0.15) is 0 Å². The molecule has 4 atom stereocenters. The predicted molar refractivity (Wildman–Crippen MR) is 67.4 cm³/mol. The Kier molecular flexibility index (Phi) is 3.10. The molecule has 0 amide bonds. The standard InChI is InChI=1S/C8H6BrCl5/c9-2-3-1-7(13)4(10)5(11)8(3,14)6(7)12/h3,6H,1-2H2/t3-,6?,7+,8-/m1/s1. The zero-order chi connectivity index (χ0) is 10.7. The summed E-state index contributed by atoms with van der Waals surface area (Å²) >= 11 is 34.5. The van der Waals surface area contributed by atoms with Crippen LogP contribution in [-0.2, 0) is 0 Å². The lowest BCUT2D eigenvalue weighted by Gasteiger charge is -2.28. The van der Waals surface area contributed by atoms with Crippen molar-refractivity contribution in [3.8, 4) is 0 Å². The second kappa shape index (κ2) is 3.58. The van der Waals surface area contributed by atoms with Gasteiger partial charge in [0.15, 0.2) is 0 Å². The molecule has 2 bridgehead atoms. The Labute approximate surface area is 116 Å². The van der Waals surface area contributed by atoms with Gasteiger partial charge >= 0.3 is 0 Å². The van der Waals surface area contributed by atoms with Crippen molar-refractivity contribution < 1.29 is 0 Å². The quantitative estimate of drug-likeness (QED) is 0.597. The van der Waals surface area contributed by atoms with Gasteiger partial charge < -0.3 is 0 Å². The minimum absolute atomic E-state index is 0.124. The van der Waals surface area contributed by atoms with Crippen molar-refractivity contribution in [2.45, 2.75) is 21.5 Å². The van der Waals surface area contributed by atoms with Crippen LogP contribution in [0.1, 0.15) is 6.42 Å². The maximum absolute atomic E-state index is 6.43. The van der Waals surface area contributed by atoms with Gasteiger partial charge in [0, 0.05) is 5.33 Å². The van der Waals surface area contributed by atoms with Crippen LogP contribution in [0.15, 0.2) is 10.1 Å². The second-order valence-electron chi connectivity index (χ2n) is 3.68. The van der Waals surface area contributed by atoms with Crippen molar-refractivity contribution in [1.82, 2.24) is 0 Å². The first-order chi connectivity index (χ1) is 6.39. The lowest BCUT2D eigenvalue weighted by Crippen LogP contribution is -2.35. The van der Waals surface area contributed by atoms with Crippen molar-refractivity contribution in [1.29, 1.82) is 0 Å². The summed E-state index contributed by atoms with van der Waals surface area (Å²) < 4.78 is 0. The molecule has 2 aliphatic carbocycles. The molecule has 0 saturated heterocycles. The van der Waals surface area contributed by atoms with Crippen molar-refractivity contribution in [3.05, 3.63) is 10.1 Å². The van der Waals surface area contributed by atoms with E-state index in [2.05, 4.69) is 15.9 Å². The number of halogens is 6. The van der Waals surface area contributed by atoms with E-state index in [-0.39, 0.29) is 5.92 Å². The Morgan fingerprint density at radius 3 is 2.21 bits per heavy atom. The maximum Gasteiger partial charge on any atom is 0.103 e. The smallest absolute Gasteiger partial charge is 0.103 e. The predicted octanol–water partition coefficient (Wildman–Crippen LogP) is 4.67. The van der Waals surface area contributed by atoms with E-state index in [9.17, 15) is 0 Å². The molecule has 0 spiro atoms. The number of alkyl halides is 4. The van der Waals surface area contributed by atoms with E-state index in [1.54, 1.807) is 0 Å². The molecule has 2 aliphatic rings. The average molecular weight is 359 g/mol. The zero-order valence-corrected chi connectivity index (χ0v) is 12.2.